The van der Waals surface area contributed by atoms with Gasteiger partial charge in [-0.2, -0.15) is 8.78 Å². The SMILES string of the molecule is CC(F)=C(F)c1cc(F)c(-c2ccc(C(F)(F)Oc3ccc(-c4cc(F)c(F)c(F)c4)c(F)c3)cc2)c(F)c1. The topological polar surface area (TPSA) is 9.23 Å². The van der Waals surface area contributed by atoms with Gasteiger partial charge < -0.3 is 4.74 Å². The molecule has 4 aromatic carbocycles. The number of ether oxygens (including phenoxy) is 1. The monoisotopic (exact) mass is 556 g/mol. The van der Waals surface area contributed by atoms with Gasteiger partial charge in [0.25, 0.3) is 0 Å². The third kappa shape index (κ3) is 5.62. The summed E-state index contributed by atoms with van der Waals surface area (Å²) in [5.41, 5.74) is -3.16. The number of hydrogen-bond donors (Lipinski definition) is 0. The third-order valence-electron chi connectivity index (χ3n) is 5.59. The van der Waals surface area contributed by atoms with Crippen LogP contribution in [0.1, 0.15) is 18.1 Å². The Morgan fingerprint density at radius 1 is 0.641 bits per heavy atom. The standard InChI is InChI=1S/C28H14F10O/c1-13(29)26(35)16-10-21(31)25(22(32)11-16)14-2-4-17(5-3-14)28(37,38)39-18-6-7-19(20(30)12-18)15-8-23(33)27(36)24(34)9-15/h2-12H,1H3. The third-order valence-corrected chi connectivity index (χ3v) is 5.59. The zero-order valence-corrected chi connectivity index (χ0v) is 19.5. The fraction of sp³-hybridized carbons (Fsp3) is 0.0714. The van der Waals surface area contributed by atoms with Crippen LogP contribution in [0.5, 0.6) is 5.75 Å². The second kappa shape index (κ2) is 10.5. The van der Waals surface area contributed by atoms with Crippen LogP contribution in [0, 0.1) is 34.9 Å². The van der Waals surface area contributed by atoms with Crippen LogP contribution >= 0.6 is 0 Å². The Hall–Kier alpha value is -4.28. The van der Waals surface area contributed by atoms with E-state index in [1.807, 2.05) is 0 Å². The maximum atomic E-state index is 14.7. The maximum absolute atomic E-state index is 14.7. The van der Waals surface area contributed by atoms with E-state index < -0.39 is 80.7 Å². The fourth-order valence-electron chi connectivity index (χ4n) is 3.72. The number of rotatable bonds is 6. The van der Waals surface area contributed by atoms with Crippen LogP contribution in [-0.2, 0) is 6.11 Å². The highest BCUT2D eigenvalue weighted by Crippen LogP contribution is 2.37. The largest absolute Gasteiger partial charge is 0.429 e. The molecule has 0 bridgehead atoms. The first-order chi connectivity index (χ1) is 18.3. The molecule has 0 atom stereocenters. The van der Waals surface area contributed by atoms with E-state index in [1.54, 1.807) is 0 Å². The van der Waals surface area contributed by atoms with Gasteiger partial charge in [0.15, 0.2) is 23.3 Å². The number of benzene rings is 4. The first-order valence-corrected chi connectivity index (χ1v) is 10.9. The summed E-state index contributed by atoms with van der Waals surface area (Å²) in [7, 11) is 0. The Morgan fingerprint density at radius 2 is 1.21 bits per heavy atom. The van der Waals surface area contributed by atoms with Gasteiger partial charge in [-0.1, -0.05) is 12.1 Å². The van der Waals surface area contributed by atoms with Crippen LogP contribution in [0.15, 0.2) is 72.6 Å². The van der Waals surface area contributed by atoms with E-state index in [0.29, 0.717) is 30.3 Å². The van der Waals surface area contributed by atoms with Crippen molar-refractivity contribution >= 4 is 5.83 Å². The lowest BCUT2D eigenvalue weighted by Gasteiger charge is -2.19. The van der Waals surface area contributed by atoms with E-state index in [2.05, 4.69) is 4.74 Å². The van der Waals surface area contributed by atoms with E-state index in [9.17, 15) is 43.9 Å². The Labute approximate surface area is 214 Å². The molecular weight excluding hydrogens is 542 g/mol. The van der Waals surface area contributed by atoms with Crippen molar-refractivity contribution in [3.63, 3.8) is 0 Å². The highest BCUT2D eigenvalue weighted by molar-refractivity contribution is 5.70. The van der Waals surface area contributed by atoms with Gasteiger partial charge in [-0.05, 0) is 66.6 Å². The van der Waals surface area contributed by atoms with Crippen LogP contribution in [0.2, 0.25) is 0 Å². The molecule has 4 aromatic rings. The quantitative estimate of drug-likeness (QED) is 0.170. The summed E-state index contributed by atoms with van der Waals surface area (Å²) in [4.78, 5) is 0. The summed E-state index contributed by atoms with van der Waals surface area (Å²) in [5.74, 6) is -12.1. The zero-order valence-electron chi connectivity index (χ0n) is 19.5. The van der Waals surface area contributed by atoms with Crippen LogP contribution in [0.4, 0.5) is 43.9 Å². The lowest BCUT2D eigenvalue weighted by molar-refractivity contribution is -0.185. The van der Waals surface area contributed by atoms with Crippen LogP contribution in [0.3, 0.4) is 0 Å². The maximum Gasteiger partial charge on any atom is 0.426 e. The molecule has 1 nitrogen and oxygen atoms in total. The van der Waals surface area contributed by atoms with Gasteiger partial charge in [0.05, 0.1) is 11.1 Å². The van der Waals surface area contributed by atoms with Crippen molar-refractivity contribution in [2.45, 2.75) is 13.0 Å². The molecule has 4 rings (SSSR count). The van der Waals surface area contributed by atoms with Crippen molar-refractivity contribution in [3.05, 3.63) is 119 Å². The molecule has 0 saturated carbocycles. The minimum Gasteiger partial charge on any atom is -0.429 e. The van der Waals surface area contributed by atoms with Gasteiger partial charge in [0, 0.05) is 17.2 Å². The molecule has 202 valence electrons. The molecular formula is C28H14F10O. The molecule has 0 radical (unpaired) electrons. The second-order valence-electron chi connectivity index (χ2n) is 8.25. The highest BCUT2D eigenvalue weighted by atomic mass is 19.3. The van der Waals surface area contributed by atoms with E-state index in [0.717, 1.165) is 43.3 Å². The summed E-state index contributed by atoms with van der Waals surface area (Å²) in [6, 6.07) is 7.90. The average molecular weight is 556 g/mol. The second-order valence-corrected chi connectivity index (χ2v) is 8.25. The molecule has 11 heteroatoms. The summed E-state index contributed by atoms with van der Waals surface area (Å²) in [6.45, 7) is 0.760. The lowest BCUT2D eigenvalue weighted by atomic mass is 10.00. The summed E-state index contributed by atoms with van der Waals surface area (Å²) >= 11 is 0. The van der Waals surface area contributed by atoms with Crippen molar-refractivity contribution in [3.8, 4) is 28.0 Å². The number of alkyl halides is 2. The first-order valence-electron chi connectivity index (χ1n) is 10.9. The molecule has 0 fully saturated rings. The molecule has 0 aromatic heterocycles. The van der Waals surface area contributed by atoms with Crippen LogP contribution < -0.4 is 4.74 Å². The molecule has 0 amide bonds. The molecule has 0 unspecified atom stereocenters. The number of halogens is 10. The van der Waals surface area contributed by atoms with Crippen molar-refractivity contribution in [1.82, 2.24) is 0 Å². The summed E-state index contributed by atoms with van der Waals surface area (Å²) in [6.07, 6.45) is -4.08. The van der Waals surface area contributed by atoms with Gasteiger partial charge in [-0.15, -0.1) is 0 Å². The predicted octanol–water partition coefficient (Wildman–Crippen LogP) is 9.61. The van der Waals surface area contributed by atoms with E-state index in [4.69, 9.17) is 0 Å². The normalized spacial score (nSPS) is 12.4. The van der Waals surface area contributed by atoms with Gasteiger partial charge >= 0.3 is 6.11 Å². The Bertz CT molecular complexity index is 1540. The summed E-state index contributed by atoms with van der Waals surface area (Å²) < 4.78 is 144. The Morgan fingerprint density at radius 3 is 1.72 bits per heavy atom. The van der Waals surface area contributed by atoms with Crippen molar-refractivity contribution in [2.75, 3.05) is 0 Å². The molecule has 0 aliphatic rings. The summed E-state index contributed by atoms with van der Waals surface area (Å²) in [5, 5.41) is 0. The molecule has 39 heavy (non-hydrogen) atoms. The van der Waals surface area contributed by atoms with E-state index in [-0.39, 0.29) is 11.1 Å². The fourth-order valence-corrected chi connectivity index (χ4v) is 3.72. The smallest absolute Gasteiger partial charge is 0.426 e. The van der Waals surface area contributed by atoms with Crippen molar-refractivity contribution in [1.29, 1.82) is 0 Å². The molecule has 0 aliphatic carbocycles. The lowest BCUT2D eigenvalue weighted by Crippen LogP contribution is -2.21. The number of hydrogen-bond acceptors (Lipinski definition) is 1. The van der Waals surface area contributed by atoms with Crippen molar-refractivity contribution < 1.29 is 48.6 Å². The van der Waals surface area contributed by atoms with E-state index >= 15 is 0 Å². The average Bonchev–Trinajstić information content (AvgIpc) is 2.86. The first kappa shape index (κ1) is 27.7. The predicted molar refractivity (Wildman–Crippen MR) is 123 cm³/mol. The number of allylic oxidation sites excluding steroid dienone is 1. The van der Waals surface area contributed by atoms with Crippen LogP contribution in [0.25, 0.3) is 28.1 Å². The molecule has 0 saturated heterocycles. The zero-order chi connectivity index (χ0) is 28.6. The molecule has 0 spiro atoms. The Balaban J connectivity index is 1.58. The molecule has 0 N–H and O–H groups in total. The van der Waals surface area contributed by atoms with E-state index in [1.165, 1.54) is 0 Å². The van der Waals surface area contributed by atoms with Gasteiger partial charge in [0.2, 0.25) is 0 Å². The minimum absolute atomic E-state index is 0.202. The minimum atomic E-state index is -4.08. The van der Waals surface area contributed by atoms with Crippen LogP contribution in [-0.4, -0.2) is 0 Å². The van der Waals surface area contributed by atoms with Crippen molar-refractivity contribution in [2.24, 2.45) is 0 Å². The van der Waals surface area contributed by atoms with Gasteiger partial charge in [0.1, 0.15) is 29.0 Å². The Kier molecular flexibility index (Phi) is 7.45. The van der Waals surface area contributed by atoms with Gasteiger partial charge in [-0.25, -0.2) is 35.1 Å². The molecule has 0 aliphatic heterocycles. The molecule has 0 heterocycles. The van der Waals surface area contributed by atoms with Gasteiger partial charge in [-0.3, -0.25) is 0 Å². The highest BCUT2D eigenvalue weighted by Gasteiger charge is 2.35.